The highest BCUT2D eigenvalue weighted by Crippen LogP contribution is 2.43. The van der Waals surface area contributed by atoms with E-state index in [-0.39, 0.29) is 0 Å². The molecule has 0 saturated heterocycles. The van der Waals surface area contributed by atoms with Crippen LogP contribution in [0.3, 0.4) is 0 Å². The van der Waals surface area contributed by atoms with Gasteiger partial charge in [0.05, 0.1) is 49.9 Å². The van der Waals surface area contributed by atoms with E-state index < -0.39 is 0 Å². The Balaban J connectivity index is 0.998. The second-order valence-corrected chi connectivity index (χ2v) is 18.1. The lowest BCUT2D eigenvalue weighted by Crippen LogP contribution is -2.01. The number of hydrogen-bond acceptors (Lipinski definition) is 3. The van der Waals surface area contributed by atoms with E-state index in [4.69, 9.17) is 14.4 Å². The fraction of sp³-hybridized carbons (Fsp3) is 0. The van der Waals surface area contributed by atoms with Crippen molar-refractivity contribution in [2.45, 2.75) is 0 Å². The summed E-state index contributed by atoms with van der Waals surface area (Å²) in [6, 6.07) is 84.3. The van der Waals surface area contributed by atoms with Crippen molar-refractivity contribution in [3.8, 4) is 51.0 Å². The fourth-order valence-corrected chi connectivity index (χ4v) is 11.2. The molecule has 6 nitrogen and oxygen atoms in total. The van der Waals surface area contributed by atoms with Crippen molar-refractivity contribution in [1.29, 1.82) is 0 Å². The molecule has 0 spiro atoms. The van der Waals surface area contributed by atoms with E-state index in [1.165, 1.54) is 32.6 Å². The average Bonchev–Trinajstić information content (AvgIpc) is 4.17. The molecule has 0 aliphatic carbocycles. The SMILES string of the molecule is c1ccc(-c2cc(-c3cc(-n4c5ccccc5c5ccccc54)cc(-n4c5ccccc5c5c6oc7ccc(-n8c9ccccc9c9ccccc98)cc7c6ccc54)c3)nc(-c3ccccc3)n2)cc1. The molecule has 0 radical (unpaired) electrons. The molecule has 15 rings (SSSR count). The van der Waals surface area contributed by atoms with Crippen LogP contribution in [0.25, 0.3) is 138 Å². The predicted octanol–water partition coefficient (Wildman–Crippen LogP) is 16.7. The number of benzene rings is 10. The first-order valence-electron chi connectivity index (χ1n) is 23.7. The van der Waals surface area contributed by atoms with Crippen LogP contribution in [0.2, 0.25) is 0 Å². The van der Waals surface area contributed by atoms with Crippen LogP contribution in [0.15, 0.2) is 241 Å². The maximum absolute atomic E-state index is 7.01. The number of rotatable bonds is 6. The Bertz CT molecular complexity index is 4430. The molecular weight excluding hydrogens is 855 g/mol. The molecule has 0 aliphatic heterocycles. The second kappa shape index (κ2) is 15.0. The van der Waals surface area contributed by atoms with Crippen LogP contribution in [0, 0.1) is 0 Å². The number of nitrogens with zero attached hydrogens (tertiary/aromatic N) is 5. The smallest absolute Gasteiger partial charge is 0.160 e. The highest BCUT2D eigenvalue weighted by atomic mass is 16.3. The van der Waals surface area contributed by atoms with Crippen LogP contribution < -0.4 is 0 Å². The topological polar surface area (TPSA) is 53.7 Å². The predicted molar refractivity (Wildman–Crippen MR) is 289 cm³/mol. The lowest BCUT2D eigenvalue weighted by atomic mass is 10.0. The van der Waals surface area contributed by atoms with Gasteiger partial charge in [-0.25, -0.2) is 9.97 Å². The van der Waals surface area contributed by atoms with Gasteiger partial charge in [0.15, 0.2) is 5.82 Å². The minimum absolute atomic E-state index is 0.672. The molecule has 5 aromatic heterocycles. The van der Waals surface area contributed by atoms with Gasteiger partial charge in [0.25, 0.3) is 0 Å². The van der Waals surface area contributed by atoms with Gasteiger partial charge in [0.2, 0.25) is 0 Å². The Labute approximate surface area is 401 Å². The third-order valence-electron chi connectivity index (χ3n) is 14.2. The van der Waals surface area contributed by atoms with E-state index in [1.807, 2.05) is 24.3 Å². The van der Waals surface area contributed by atoms with Crippen molar-refractivity contribution in [3.05, 3.63) is 237 Å². The summed E-state index contributed by atoms with van der Waals surface area (Å²) in [6.07, 6.45) is 0. The summed E-state index contributed by atoms with van der Waals surface area (Å²) in [6.45, 7) is 0. The summed E-state index contributed by atoms with van der Waals surface area (Å²) in [5.41, 5.74) is 16.3. The molecule has 0 saturated carbocycles. The average molecular weight is 894 g/mol. The molecule has 0 unspecified atom stereocenters. The van der Waals surface area contributed by atoms with Crippen LogP contribution in [-0.4, -0.2) is 23.7 Å². The van der Waals surface area contributed by atoms with Gasteiger partial charge < -0.3 is 18.1 Å². The summed E-state index contributed by atoms with van der Waals surface area (Å²) in [5.74, 6) is 0.672. The highest BCUT2D eigenvalue weighted by Gasteiger charge is 2.23. The molecule has 70 heavy (non-hydrogen) atoms. The molecule has 326 valence electrons. The fourth-order valence-electron chi connectivity index (χ4n) is 11.2. The third-order valence-corrected chi connectivity index (χ3v) is 14.2. The maximum Gasteiger partial charge on any atom is 0.160 e. The molecule has 0 amide bonds. The maximum atomic E-state index is 7.01. The Kier molecular flexibility index (Phi) is 8.26. The van der Waals surface area contributed by atoms with E-state index in [0.29, 0.717) is 5.82 Å². The molecule has 6 heteroatoms. The van der Waals surface area contributed by atoms with Crippen molar-refractivity contribution >= 4 is 87.4 Å². The number of aromatic nitrogens is 5. The second-order valence-electron chi connectivity index (χ2n) is 18.1. The van der Waals surface area contributed by atoms with Gasteiger partial charge >= 0.3 is 0 Å². The van der Waals surface area contributed by atoms with Gasteiger partial charge in [0, 0.05) is 71.5 Å². The van der Waals surface area contributed by atoms with Crippen molar-refractivity contribution in [1.82, 2.24) is 23.7 Å². The third kappa shape index (κ3) is 5.74. The largest absolute Gasteiger partial charge is 0.455 e. The van der Waals surface area contributed by atoms with Gasteiger partial charge in [0.1, 0.15) is 11.2 Å². The van der Waals surface area contributed by atoms with Gasteiger partial charge in [-0.3, -0.25) is 0 Å². The van der Waals surface area contributed by atoms with E-state index in [1.54, 1.807) is 0 Å². The minimum atomic E-state index is 0.672. The number of hydrogen-bond donors (Lipinski definition) is 0. The van der Waals surface area contributed by atoms with Crippen LogP contribution in [0.1, 0.15) is 0 Å². The normalized spacial score (nSPS) is 12.0. The Morgan fingerprint density at radius 1 is 0.286 bits per heavy atom. The zero-order chi connectivity index (χ0) is 45.9. The zero-order valence-corrected chi connectivity index (χ0v) is 37.7. The summed E-state index contributed by atoms with van der Waals surface area (Å²) in [5, 5.41) is 9.24. The van der Waals surface area contributed by atoms with Gasteiger partial charge in [-0.05, 0) is 84.9 Å². The molecule has 0 fully saturated rings. The van der Waals surface area contributed by atoms with Crippen LogP contribution in [-0.2, 0) is 0 Å². The summed E-state index contributed by atoms with van der Waals surface area (Å²) in [7, 11) is 0. The molecule has 0 bridgehead atoms. The first-order chi connectivity index (χ1) is 34.7. The molecular formula is C64H39N5O. The molecule has 15 aromatic rings. The number of para-hydroxylation sites is 5. The first kappa shape index (κ1) is 38.6. The first-order valence-corrected chi connectivity index (χ1v) is 23.7. The lowest BCUT2D eigenvalue weighted by molar-refractivity contribution is 0.673. The van der Waals surface area contributed by atoms with Crippen LogP contribution in [0.5, 0.6) is 0 Å². The van der Waals surface area contributed by atoms with E-state index in [2.05, 4.69) is 226 Å². The summed E-state index contributed by atoms with van der Waals surface area (Å²) < 4.78 is 14.2. The minimum Gasteiger partial charge on any atom is -0.455 e. The Hall–Kier alpha value is -9.52. The van der Waals surface area contributed by atoms with Crippen LogP contribution in [0.4, 0.5) is 0 Å². The van der Waals surface area contributed by atoms with E-state index >= 15 is 0 Å². The summed E-state index contributed by atoms with van der Waals surface area (Å²) in [4.78, 5) is 10.5. The zero-order valence-electron chi connectivity index (χ0n) is 37.7. The number of furan rings is 1. The van der Waals surface area contributed by atoms with Crippen molar-refractivity contribution < 1.29 is 4.42 Å². The van der Waals surface area contributed by atoms with Crippen molar-refractivity contribution in [2.75, 3.05) is 0 Å². The summed E-state index contributed by atoms with van der Waals surface area (Å²) >= 11 is 0. The quantitative estimate of drug-likeness (QED) is 0.167. The standard InChI is InChI=1S/C64H39N5O/c1-3-17-40(18-4-1)53-39-54(66-64(65-53)41-19-5-2-6-20-41)42-35-44(68-57-28-14-9-23-48(57)49-24-10-15-29-58(49)68)37-45(36-42)69-59-30-16-11-25-51(59)62-60(69)33-32-50-52-38-43(31-34-61(52)70-63(50)62)67-55-26-12-7-21-46(55)47-22-8-13-27-56(47)67/h1-39H. The number of fused-ring (bicyclic) bond motifs is 13. The van der Waals surface area contributed by atoms with Crippen LogP contribution >= 0.6 is 0 Å². The van der Waals surface area contributed by atoms with E-state index in [9.17, 15) is 0 Å². The van der Waals surface area contributed by atoms with Crippen molar-refractivity contribution in [3.63, 3.8) is 0 Å². The Morgan fingerprint density at radius 2 is 0.743 bits per heavy atom. The molecule has 0 N–H and O–H groups in total. The molecule has 10 aromatic carbocycles. The highest BCUT2D eigenvalue weighted by molar-refractivity contribution is 6.24. The van der Waals surface area contributed by atoms with Gasteiger partial charge in [-0.1, -0.05) is 152 Å². The van der Waals surface area contributed by atoms with Gasteiger partial charge in [-0.15, -0.1) is 0 Å². The van der Waals surface area contributed by atoms with Crippen molar-refractivity contribution in [2.24, 2.45) is 0 Å². The van der Waals surface area contributed by atoms with Gasteiger partial charge in [-0.2, -0.15) is 0 Å². The monoisotopic (exact) mass is 893 g/mol. The molecule has 0 aliphatic rings. The van der Waals surface area contributed by atoms with E-state index in [0.717, 1.165) is 99.9 Å². The molecule has 0 atom stereocenters. The Morgan fingerprint density at radius 3 is 1.31 bits per heavy atom. The lowest BCUT2D eigenvalue weighted by Gasteiger charge is -2.16. The molecule has 5 heterocycles.